The molecule has 0 radical (unpaired) electrons. The van der Waals surface area contributed by atoms with Crippen LogP contribution in [-0.2, 0) is 4.74 Å². The number of aromatic nitrogens is 2. The average Bonchev–Trinajstić information content (AvgIpc) is 2.86. The molecule has 6 nitrogen and oxygen atoms in total. The third-order valence-electron chi connectivity index (χ3n) is 3.00. The van der Waals surface area contributed by atoms with Gasteiger partial charge in [-0.15, -0.1) is 0 Å². The Morgan fingerprint density at radius 2 is 2.05 bits per heavy atom. The molecule has 1 unspecified atom stereocenters. The van der Waals surface area contributed by atoms with E-state index in [0.717, 1.165) is 16.7 Å². The summed E-state index contributed by atoms with van der Waals surface area (Å²) >= 11 is 0. The van der Waals surface area contributed by atoms with Gasteiger partial charge >= 0.3 is 0 Å². The van der Waals surface area contributed by atoms with Crippen molar-refractivity contribution >= 4 is 11.5 Å². The van der Waals surface area contributed by atoms with E-state index in [1.165, 1.54) is 4.68 Å². The fourth-order valence-electron chi connectivity index (χ4n) is 2.11. The van der Waals surface area contributed by atoms with Crippen LogP contribution in [0, 0.1) is 5.41 Å². The molecule has 1 aliphatic rings. The molecule has 0 aliphatic carbocycles. The Kier molecular flexibility index (Phi) is 2.57. The summed E-state index contributed by atoms with van der Waals surface area (Å²) in [7, 11) is 0. The summed E-state index contributed by atoms with van der Waals surface area (Å²) < 4.78 is 6.77. The Morgan fingerprint density at radius 3 is 2.74 bits per heavy atom. The van der Waals surface area contributed by atoms with Gasteiger partial charge in [0, 0.05) is 5.57 Å². The lowest BCUT2D eigenvalue weighted by molar-refractivity contribution is 0.149. The second-order valence-corrected chi connectivity index (χ2v) is 4.20. The maximum absolute atomic E-state index is 7.58. The van der Waals surface area contributed by atoms with E-state index in [9.17, 15) is 0 Å². The summed E-state index contributed by atoms with van der Waals surface area (Å²) in [6, 6.07) is 9.70. The molecule has 19 heavy (non-hydrogen) atoms. The molecule has 0 saturated carbocycles. The van der Waals surface area contributed by atoms with Crippen molar-refractivity contribution < 1.29 is 4.74 Å². The van der Waals surface area contributed by atoms with Gasteiger partial charge in [0.2, 0.25) is 5.96 Å². The fraction of sp³-hybridized carbons (Fsp3) is 0.0769. The number of hydrogen-bond acceptors (Lipinski definition) is 4. The van der Waals surface area contributed by atoms with Crippen molar-refractivity contribution in [2.24, 2.45) is 11.5 Å². The van der Waals surface area contributed by atoms with Gasteiger partial charge in [-0.1, -0.05) is 30.3 Å². The topological polar surface area (TPSA) is 103 Å². The first-order chi connectivity index (χ1) is 9.18. The number of nitrogens with zero attached hydrogens (tertiary/aromatic N) is 2. The summed E-state index contributed by atoms with van der Waals surface area (Å²) in [6.45, 7) is 0. The van der Waals surface area contributed by atoms with E-state index in [4.69, 9.17) is 21.6 Å². The molecule has 96 valence electrons. The first-order valence-electron chi connectivity index (χ1n) is 5.78. The van der Waals surface area contributed by atoms with Crippen LogP contribution >= 0.6 is 0 Å². The molecule has 6 heteroatoms. The Labute approximate surface area is 109 Å². The van der Waals surface area contributed by atoms with Gasteiger partial charge in [-0.05, 0) is 5.56 Å². The molecule has 1 atom stereocenters. The van der Waals surface area contributed by atoms with Crippen molar-refractivity contribution in [2.45, 2.75) is 6.23 Å². The Balaban J connectivity index is 2.20. The number of rotatable bonds is 1. The standard InChI is InChI=1S/C13H13N5O/c14-12-9-6-17-18(13(15)16)11(9)10(7-19-12)8-4-2-1-3-5-8/h1-7,12H,14H2,(H3,15,16). The third-order valence-corrected chi connectivity index (χ3v) is 3.00. The van der Waals surface area contributed by atoms with E-state index in [1.54, 1.807) is 12.5 Å². The monoisotopic (exact) mass is 255 g/mol. The van der Waals surface area contributed by atoms with Crippen LogP contribution in [0.25, 0.3) is 5.57 Å². The van der Waals surface area contributed by atoms with Crippen LogP contribution in [0.3, 0.4) is 0 Å². The van der Waals surface area contributed by atoms with E-state index < -0.39 is 6.23 Å². The molecule has 0 fully saturated rings. The van der Waals surface area contributed by atoms with Crippen LogP contribution < -0.4 is 11.5 Å². The molecule has 0 amide bonds. The highest BCUT2D eigenvalue weighted by molar-refractivity contribution is 5.87. The molecule has 2 aromatic rings. The van der Waals surface area contributed by atoms with Gasteiger partial charge in [0.1, 0.15) is 0 Å². The predicted molar refractivity (Wildman–Crippen MR) is 71.1 cm³/mol. The van der Waals surface area contributed by atoms with Gasteiger partial charge in [-0.25, -0.2) is 4.68 Å². The van der Waals surface area contributed by atoms with Crippen molar-refractivity contribution in [2.75, 3.05) is 0 Å². The minimum atomic E-state index is -0.587. The maximum Gasteiger partial charge on any atom is 0.214 e. The Bertz CT molecular complexity index is 659. The SMILES string of the molecule is N=C(N)n1ncc2c1C(c1ccccc1)=COC2N. The summed E-state index contributed by atoms with van der Waals surface area (Å²) in [4.78, 5) is 0. The number of fused-ring (bicyclic) bond motifs is 1. The van der Waals surface area contributed by atoms with Gasteiger partial charge in [-0.2, -0.15) is 5.10 Å². The summed E-state index contributed by atoms with van der Waals surface area (Å²) in [6.07, 6.45) is 2.58. The average molecular weight is 255 g/mol. The van der Waals surface area contributed by atoms with Crippen LogP contribution in [0.15, 0.2) is 42.8 Å². The van der Waals surface area contributed by atoms with E-state index in [1.807, 2.05) is 30.3 Å². The molecule has 3 rings (SSSR count). The number of ether oxygens (including phenoxy) is 1. The van der Waals surface area contributed by atoms with Crippen LogP contribution in [-0.4, -0.2) is 15.7 Å². The number of benzene rings is 1. The van der Waals surface area contributed by atoms with Crippen molar-refractivity contribution in [3.05, 3.63) is 59.6 Å². The highest BCUT2D eigenvalue weighted by Gasteiger charge is 2.26. The molecule has 5 N–H and O–H groups in total. The van der Waals surface area contributed by atoms with Gasteiger partial charge in [0.15, 0.2) is 6.23 Å². The largest absolute Gasteiger partial charge is 0.478 e. The number of hydrogen-bond donors (Lipinski definition) is 3. The number of nitrogen functional groups attached to an aromatic ring is 1. The minimum Gasteiger partial charge on any atom is -0.478 e. The molecule has 0 spiro atoms. The Morgan fingerprint density at radius 1 is 1.32 bits per heavy atom. The van der Waals surface area contributed by atoms with Crippen molar-refractivity contribution in [3.63, 3.8) is 0 Å². The normalized spacial score (nSPS) is 17.3. The summed E-state index contributed by atoms with van der Waals surface area (Å²) in [5.41, 5.74) is 14.6. The van der Waals surface area contributed by atoms with E-state index in [-0.39, 0.29) is 5.96 Å². The highest BCUT2D eigenvalue weighted by atomic mass is 16.5. The minimum absolute atomic E-state index is 0.155. The molecule has 0 bridgehead atoms. The zero-order valence-electron chi connectivity index (χ0n) is 10.1. The zero-order valence-corrected chi connectivity index (χ0v) is 10.1. The van der Waals surface area contributed by atoms with E-state index in [2.05, 4.69) is 5.10 Å². The molecular formula is C13H13N5O. The first kappa shape index (κ1) is 11.5. The first-order valence-corrected chi connectivity index (χ1v) is 5.78. The van der Waals surface area contributed by atoms with Gasteiger partial charge in [0.25, 0.3) is 0 Å². The smallest absolute Gasteiger partial charge is 0.214 e. The molecule has 2 heterocycles. The highest BCUT2D eigenvalue weighted by Crippen LogP contribution is 2.33. The van der Waals surface area contributed by atoms with Crippen LogP contribution in [0.1, 0.15) is 23.0 Å². The fourth-order valence-corrected chi connectivity index (χ4v) is 2.11. The van der Waals surface area contributed by atoms with Gasteiger partial charge < -0.3 is 10.5 Å². The molecule has 1 aromatic heterocycles. The predicted octanol–water partition coefficient (Wildman–Crippen LogP) is 1.00. The summed E-state index contributed by atoms with van der Waals surface area (Å²) in [5.74, 6) is -0.155. The van der Waals surface area contributed by atoms with Gasteiger partial charge in [-0.3, -0.25) is 11.1 Å². The van der Waals surface area contributed by atoms with Crippen LogP contribution in [0.4, 0.5) is 0 Å². The van der Waals surface area contributed by atoms with Crippen LogP contribution in [0.2, 0.25) is 0 Å². The third kappa shape index (κ3) is 1.78. The second kappa shape index (κ2) is 4.25. The van der Waals surface area contributed by atoms with Crippen molar-refractivity contribution in [1.82, 2.24) is 9.78 Å². The zero-order chi connectivity index (χ0) is 13.4. The molecular weight excluding hydrogens is 242 g/mol. The van der Waals surface area contributed by atoms with E-state index >= 15 is 0 Å². The molecule has 0 saturated heterocycles. The lowest BCUT2D eigenvalue weighted by Gasteiger charge is -2.21. The maximum atomic E-state index is 7.58. The van der Waals surface area contributed by atoms with Crippen LogP contribution in [0.5, 0.6) is 0 Å². The van der Waals surface area contributed by atoms with E-state index in [0.29, 0.717) is 5.69 Å². The lowest BCUT2D eigenvalue weighted by Crippen LogP contribution is -2.26. The quantitative estimate of drug-likeness (QED) is 0.522. The Hall–Kier alpha value is -2.60. The van der Waals surface area contributed by atoms with Crippen molar-refractivity contribution in [1.29, 1.82) is 5.41 Å². The molecule has 1 aromatic carbocycles. The van der Waals surface area contributed by atoms with Crippen molar-refractivity contribution in [3.8, 4) is 0 Å². The number of nitrogens with two attached hydrogens (primary N) is 2. The second-order valence-electron chi connectivity index (χ2n) is 4.20. The lowest BCUT2D eigenvalue weighted by atomic mass is 9.99. The molecule has 1 aliphatic heterocycles. The van der Waals surface area contributed by atoms with Gasteiger partial charge in [0.05, 0.1) is 23.7 Å². The number of nitrogens with one attached hydrogen (secondary N) is 1. The summed E-state index contributed by atoms with van der Waals surface area (Å²) in [5, 5.41) is 11.7.